The summed E-state index contributed by atoms with van der Waals surface area (Å²) in [6.07, 6.45) is 4.72. The Morgan fingerprint density at radius 3 is 2.27 bits per heavy atom. The first-order chi connectivity index (χ1) is 7.24. The normalized spacial score (nSPS) is 26.3. The fraction of sp³-hybridized carbons (Fsp3) is 0.538. The summed E-state index contributed by atoms with van der Waals surface area (Å²) in [4.78, 5) is 0. The molecule has 0 bridgehead atoms. The second kappa shape index (κ2) is 4.67. The molecule has 1 aromatic carbocycles. The van der Waals surface area contributed by atoms with Crippen molar-refractivity contribution in [3.63, 3.8) is 0 Å². The van der Waals surface area contributed by atoms with Gasteiger partial charge in [-0.25, -0.2) is 0 Å². The van der Waals surface area contributed by atoms with Gasteiger partial charge in [0, 0.05) is 17.8 Å². The first kappa shape index (κ1) is 10.5. The van der Waals surface area contributed by atoms with Crippen LogP contribution in [-0.4, -0.2) is 12.1 Å². The first-order valence-corrected chi connectivity index (χ1v) is 5.83. The summed E-state index contributed by atoms with van der Waals surface area (Å²) in [5.41, 5.74) is 8.43. The largest absolute Gasteiger partial charge is 0.382 e. The van der Waals surface area contributed by atoms with Gasteiger partial charge in [-0.2, -0.15) is 0 Å². The summed E-state index contributed by atoms with van der Waals surface area (Å²) in [5, 5.41) is 3.57. The number of hydrogen-bond donors (Lipinski definition) is 2. The summed E-state index contributed by atoms with van der Waals surface area (Å²) < 4.78 is 0. The zero-order valence-electron chi connectivity index (χ0n) is 9.37. The summed E-state index contributed by atoms with van der Waals surface area (Å²) in [6.45, 7) is 2.11. The van der Waals surface area contributed by atoms with E-state index in [2.05, 4.69) is 36.5 Å². The molecule has 0 spiro atoms. The first-order valence-electron chi connectivity index (χ1n) is 5.83. The van der Waals surface area contributed by atoms with E-state index in [4.69, 9.17) is 5.73 Å². The van der Waals surface area contributed by atoms with Crippen LogP contribution in [0.3, 0.4) is 0 Å². The molecule has 2 heteroatoms. The second-order valence-electron chi connectivity index (χ2n) is 4.62. The van der Waals surface area contributed by atoms with Crippen molar-refractivity contribution in [1.82, 2.24) is 0 Å². The van der Waals surface area contributed by atoms with Crippen molar-refractivity contribution in [1.29, 1.82) is 0 Å². The molecule has 2 rings (SSSR count). The van der Waals surface area contributed by atoms with Gasteiger partial charge in [-0.3, -0.25) is 0 Å². The third kappa shape index (κ3) is 2.96. The molecule has 0 atom stereocenters. The Hall–Kier alpha value is -1.02. The molecule has 1 aliphatic carbocycles. The summed E-state index contributed by atoms with van der Waals surface area (Å²) in [7, 11) is 0. The van der Waals surface area contributed by atoms with Crippen LogP contribution >= 0.6 is 0 Å². The van der Waals surface area contributed by atoms with Gasteiger partial charge in [0.15, 0.2) is 0 Å². The molecular weight excluding hydrogens is 184 g/mol. The van der Waals surface area contributed by atoms with Gasteiger partial charge in [0.1, 0.15) is 0 Å². The van der Waals surface area contributed by atoms with Crippen LogP contribution in [0, 0.1) is 6.92 Å². The molecule has 0 aliphatic heterocycles. The van der Waals surface area contributed by atoms with Crippen LogP contribution in [0.5, 0.6) is 0 Å². The third-order valence-corrected chi connectivity index (χ3v) is 3.19. The lowest BCUT2D eigenvalue weighted by molar-refractivity contribution is 0.411. The van der Waals surface area contributed by atoms with Crippen molar-refractivity contribution in [2.45, 2.75) is 44.7 Å². The quantitative estimate of drug-likeness (QED) is 0.777. The number of nitrogens with one attached hydrogen (secondary N) is 1. The molecule has 0 heterocycles. The van der Waals surface area contributed by atoms with E-state index in [1.807, 2.05) is 0 Å². The van der Waals surface area contributed by atoms with Crippen LogP contribution in [0.15, 0.2) is 24.3 Å². The van der Waals surface area contributed by atoms with E-state index in [1.165, 1.54) is 24.1 Å². The Labute approximate surface area is 91.9 Å². The van der Waals surface area contributed by atoms with Crippen LogP contribution in [0.2, 0.25) is 0 Å². The lowest BCUT2D eigenvalue weighted by Crippen LogP contribution is -2.32. The van der Waals surface area contributed by atoms with E-state index < -0.39 is 0 Å². The van der Waals surface area contributed by atoms with Crippen LogP contribution in [-0.2, 0) is 0 Å². The van der Waals surface area contributed by atoms with Crippen molar-refractivity contribution in [2.24, 2.45) is 5.73 Å². The van der Waals surface area contributed by atoms with Gasteiger partial charge < -0.3 is 11.1 Å². The molecular formula is C13H20N2. The fourth-order valence-corrected chi connectivity index (χ4v) is 2.15. The van der Waals surface area contributed by atoms with Crippen LogP contribution in [0.4, 0.5) is 5.69 Å². The van der Waals surface area contributed by atoms with Crippen molar-refractivity contribution < 1.29 is 0 Å². The summed E-state index contributed by atoms with van der Waals surface area (Å²) >= 11 is 0. The Kier molecular flexibility index (Phi) is 3.27. The van der Waals surface area contributed by atoms with Gasteiger partial charge in [-0.1, -0.05) is 17.7 Å². The van der Waals surface area contributed by atoms with E-state index in [1.54, 1.807) is 0 Å². The summed E-state index contributed by atoms with van der Waals surface area (Å²) in [6, 6.07) is 9.66. The minimum Gasteiger partial charge on any atom is -0.382 e. The second-order valence-corrected chi connectivity index (χ2v) is 4.62. The highest BCUT2D eigenvalue weighted by Gasteiger charge is 2.17. The minimum absolute atomic E-state index is 0.432. The van der Waals surface area contributed by atoms with Crippen LogP contribution in [0.25, 0.3) is 0 Å². The zero-order valence-corrected chi connectivity index (χ0v) is 9.37. The van der Waals surface area contributed by atoms with Gasteiger partial charge in [0.05, 0.1) is 0 Å². The van der Waals surface area contributed by atoms with E-state index >= 15 is 0 Å². The van der Waals surface area contributed by atoms with Gasteiger partial charge >= 0.3 is 0 Å². The average Bonchev–Trinajstić information content (AvgIpc) is 2.25. The Morgan fingerprint density at radius 2 is 1.67 bits per heavy atom. The average molecular weight is 204 g/mol. The molecule has 0 saturated heterocycles. The number of aryl methyl sites for hydroxylation is 1. The Balaban J connectivity index is 1.89. The predicted molar refractivity (Wildman–Crippen MR) is 65.0 cm³/mol. The number of anilines is 1. The molecule has 1 aromatic rings. The number of benzene rings is 1. The lowest BCUT2D eigenvalue weighted by atomic mass is 9.91. The maximum atomic E-state index is 5.88. The van der Waals surface area contributed by atoms with Crippen LogP contribution < -0.4 is 11.1 Å². The van der Waals surface area contributed by atoms with Gasteiger partial charge in [0.2, 0.25) is 0 Å². The Bertz CT molecular complexity index is 297. The zero-order chi connectivity index (χ0) is 10.7. The van der Waals surface area contributed by atoms with Crippen molar-refractivity contribution in [2.75, 3.05) is 5.32 Å². The van der Waals surface area contributed by atoms with E-state index in [-0.39, 0.29) is 0 Å². The molecule has 0 unspecified atom stereocenters. The standard InChI is InChI=1S/C13H20N2/c1-10-2-6-12(7-3-10)15-13-8-4-11(14)5-9-13/h2-3,6-7,11,13,15H,4-5,8-9,14H2,1H3. The predicted octanol–water partition coefficient (Wildman–Crippen LogP) is 2.68. The van der Waals surface area contributed by atoms with Crippen molar-refractivity contribution in [3.05, 3.63) is 29.8 Å². The molecule has 0 radical (unpaired) electrons. The molecule has 15 heavy (non-hydrogen) atoms. The number of nitrogens with two attached hydrogens (primary N) is 1. The molecule has 82 valence electrons. The third-order valence-electron chi connectivity index (χ3n) is 3.19. The highest BCUT2D eigenvalue weighted by Crippen LogP contribution is 2.21. The lowest BCUT2D eigenvalue weighted by Gasteiger charge is -2.27. The molecule has 1 aliphatic rings. The fourth-order valence-electron chi connectivity index (χ4n) is 2.15. The summed E-state index contributed by atoms with van der Waals surface area (Å²) in [5.74, 6) is 0. The van der Waals surface area contributed by atoms with Gasteiger partial charge in [-0.15, -0.1) is 0 Å². The van der Waals surface area contributed by atoms with Crippen molar-refractivity contribution >= 4 is 5.69 Å². The maximum absolute atomic E-state index is 5.88. The Morgan fingerprint density at radius 1 is 1.07 bits per heavy atom. The van der Waals surface area contributed by atoms with Crippen molar-refractivity contribution in [3.8, 4) is 0 Å². The molecule has 0 aromatic heterocycles. The van der Waals surface area contributed by atoms with E-state index in [0.717, 1.165) is 12.8 Å². The van der Waals surface area contributed by atoms with E-state index in [9.17, 15) is 0 Å². The van der Waals surface area contributed by atoms with Crippen LogP contribution in [0.1, 0.15) is 31.2 Å². The minimum atomic E-state index is 0.432. The molecule has 1 fully saturated rings. The van der Waals surface area contributed by atoms with Gasteiger partial charge in [-0.05, 0) is 44.7 Å². The highest BCUT2D eigenvalue weighted by molar-refractivity contribution is 5.45. The highest BCUT2D eigenvalue weighted by atomic mass is 14.9. The molecule has 0 amide bonds. The molecule has 1 saturated carbocycles. The van der Waals surface area contributed by atoms with E-state index in [0.29, 0.717) is 12.1 Å². The topological polar surface area (TPSA) is 38.0 Å². The number of rotatable bonds is 2. The molecule has 3 N–H and O–H groups in total. The monoisotopic (exact) mass is 204 g/mol. The number of hydrogen-bond acceptors (Lipinski definition) is 2. The SMILES string of the molecule is Cc1ccc(NC2CCC(N)CC2)cc1. The van der Waals surface area contributed by atoms with Gasteiger partial charge in [0.25, 0.3) is 0 Å². The smallest absolute Gasteiger partial charge is 0.0342 e. The molecule has 2 nitrogen and oxygen atoms in total. The maximum Gasteiger partial charge on any atom is 0.0342 e.